The molecule has 2 rings (SSSR count). The van der Waals surface area contributed by atoms with Gasteiger partial charge >= 0.3 is 5.97 Å². The Balaban J connectivity index is 1.95. The van der Waals surface area contributed by atoms with Crippen molar-refractivity contribution in [2.75, 3.05) is 33.5 Å². The van der Waals surface area contributed by atoms with E-state index in [2.05, 4.69) is 16.9 Å². The molecule has 1 atom stereocenters. The van der Waals surface area contributed by atoms with E-state index in [0.717, 1.165) is 6.42 Å². The molecule has 5 nitrogen and oxygen atoms in total. The minimum absolute atomic E-state index is 0.115. The molecule has 0 aromatic heterocycles. The normalized spacial score (nSPS) is 20.4. The van der Waals surface area contributed by atoms with Gasteiger partial charge in [0.1, 0.15) is 0 Å². The minimum atomic E-state index is -0.225. The van der Waals surface area contributed by atoms with Gasteiger partial charge in [-0.25, -0.2) is 0 Å². The van der Waals surface area contributed by atoms with Gasteiger partial charge in [-0.15, -0.1) is 0 Å². The number of hydroxylamine groups is 2. The number of rotatable bonds is 5. The lowest BCUT2D eigenvalue weighted by Crippen LogP contribution is -2.39. The van der Waals surface area contributed by atoms with Gasteiger partial charge in [-0.05, 0) is 12.0 Å². The first-order valence-electron chi connectivity index (χ1n) is 6.87. The number of nitrogens with zero attached hydrogens (tertiary/aromatic N) is 1. The van der Waals surface area contributed by atoms with E-state index >= 15 is 0 Å². The van der Waals surface area contributed by atoms with Crippen LogP contribution in [0.4, 0.5) is 0 Å². The first kappa shape index (κ1) is 15.0. The molecule has 1 aromatic carbocycles. The Labute approximate surface area is 119 Å². The highest BCUT2D eigenvalue weighted by Crippen LogP contribution is 2.13. The number of benzene rings is 1. The van der Waals surface area contributed by atoms with E-state index in [1.807, 2.05) is 23.3 Å². The van der Waals surface area contributed by atoms with E-state index in [9.17, 15) is 4.79 Å². The van der Waals surface area contributed by atoms with Gasteiger partial charge in [-0.2, -0.15) is 5.06 Å². The molecule has 1 fully saturated rings. The van der Waals surface area contributed by atoms with E-state index in [0.29, 0.717) is 32.8 Å². The van der Waals surface area contributed by atoms with E-state index in [1.165, 1.54) is 12.7 Å². The Morgan fingerprint density at radius 1 is 1.35 bits per heavy atom. The van der Waals surface area contributed by atoms with E-state index in [4.69, 9.17) is 9.57 Å². The van der Waals surface area contributed by atoms with Crippen LogP contribution in [0.2, 0.25) is 0 Å². The molecule has 0 aliphatic carbocycles. The van der Waals surface area contributed by atoms with Crippen molar-refractivity contribution in [1.29, 1.82) is 0 Å². The largest absolute Gasteiger partial charge is 0.469 e. The summed E-state index contributed by atoms with van der Waals surface area (Å²) in [5, 5.41) is 1.86. The third-order valence-corrected chi connectivity index (χ3v) is 3.28. The molecule has 110 valence electrons. The molecular formula is C15H21NO4. The Morgan fingerprint density at radius 3 is 2.90 bits per heavy atom. The Morgan fingerprint density at radius 2 is 2.15 bits per heavy atom. The van der Waals surface area contributed by atoms with Crippen LogP contribution in [-0.4, -0.2) is 50.5 Å². The molecule has 0 bridgehead atoms. The fourth-order valence-electron chi connectivity index (χ4n) is 2.22. The van der Waals surface area contributed by atoms with Crippen LogP contribution in [0, 0.1) is 0 Å². The van der Waals surface area contributed by atoms with Gasteiger partial charge in [-0.3, -0.25) is 9.63 Å². The third-order valence-electron chi connectivity index (χ3n) is 3.28. The number of carbonyl (C=O) groups is 1. The molecule has 1 aliphatic rings. The quantitative estimate of drug-likeness (QED) is 0.763. The second-order valence-electron chi connectivity index (χ2n) is 4.72. The summed E-state index contributed by atoms with van der Waals surface area (Å²) in [7, 11) is 1.40. The first-order valence-corrected chi connectivity index (χ1v) is 6.87. The van der Waals surface area contributed by atoms with E-state index in [1.54, 1.807) is 0 Å². The predicted octanol–water partition coefficient (Wildman–Crippen LogP) is 1.42. The maximum absolute atomic E-state index is 11.3. The van der Waals surface area contributed by atoms with Crippen LogP contribution >= 0.6 is 0 Å². The summed E-state index contributed by atoms with van der Waals surface area (Å²) < 4.78 is 10.2. The molecular weight excluding hydrogens is 258 g/mol. The van der Waals surface area contributed by atoms with Crippen molar-refractivity contribution in [2.24, 2.45) is 0 Å². The van der Waals surface area contributed by atoms with Gasteiger partial charge in [0.2, 0.25) is 0 Å². The highest BCUT2D eigenvalue weighted by Gasteiger charge is 2.23. The van der Waals surface area contributed by atoms with Crippen molar-refractivity contribution in [1.82, 2.24) is 5.06 Å². The molecule has 0 radical (unpaired) electrons. The van der Waals surface area contributed by atoms with Gasteiger partial charge in [0.25, 0.3) is 0 Å². The van der Waals surface area contributed by atoms with E-state index < -0.39 is 0 Å². The van der Waals surface area contributed by atoms with Crippen LogP contribution in [0.1, 0.15) is 12.0 Å². The highest BCUT2D eigenvalue weighted by molar-refractivity contribution is 5.69. The van der Waals surface area contributed by atoms with Crippen molar-refractivity contribution < 1.29 is 19.1 Å². The van der Waals surface area contributed by atoms with Gasteiger partial charge < -0.3 is 9.47 Å². The molecule has 5 heteroatoms. The molecule has 1 aromatic rings. The lowest BCUT2D eigenvalue weighted by Gasteiger charge is -2.27. The molecule has 0 amide bonds. The molecule has 0 spiro atoms. The third kappa shape index (κ3) is 4.59. The minimum Gasteiger partial charge on any atom is -0.469 e. The number of esters is 1. The van der Waals surface area contributed by atoms with Crippen LogP contribution < -0.4 is 0 Å². The number of ether oxygens (including phenoxy) is 2. The zero-order chi connectivity index (χ0) is 14.2. The summed E-state index contributed by atoms with van der Waals surface area (Å²) in [6.45, 7) is 2.23. The van der Waals surface area contributed by atoms with E-state index in [-0.39, 0.29) is 12.0 Å². The molecule has 1 aliphatic heterocycles. The molecule has 0 saturated carbocycles. The molecule has 1 unspecified atom stereocenters. The average molecular weight is 279 g/mol. The zero-order valence-corrected chi connectivity index (χ0v) is 11.8. The van der Waals surface area contributed by atoms with Gasteiger partial charge in [0.05, 0.1) is 39.4 Å². The standard InChI is InChI=1S/C15H21NO4/c1-18-15(17)7-8-16-14(12-19-9-10-20-16)11-13-5-3-2-4-6-13/h2-6,14H,7-12H2,1H3. The Kier molecular flexibility index (Phi) is 5.98. The lowest BCUT2D eigenvalue weighted by molar-refractivity contribution is -0.179. The summed E-state index contributed by atoms with van der Waals surface area (Å²) in [6.07, 6.45) is 1.16. The second kappa shape index (κ2) is 7.99. The number of carbonyl (C=O) groups excluding carboxylic acids is 1. The number of methoxy groups -OCH3 is 1. The van der Waals surface area contributed by atoms with Crippen molar-refractivity contribution in [2.45, 2.75) is 18.9 Å². The maximum Gasteiger partial charge on any atom is 0.306 e. The van der Waals surface area contributed by atoms with Crippen molar-refractivity contribution in [3.05, 3.63) is 35.9 Å². The average Bonchev–Trinajstić information content (AvgIpc) is 2.71. The molecule has 1 heterocycles. The molecule has 20 heavy (non-hydrogen) atoms. The first-order chi connectivity index (χ1) is 9.79. The number of hydrogen-bond donors (Lipinski definition) is 0. The smallest absolute Gasteiger partial charge is 0.306 e. The predicted molar refractivity (Wildman–Crippen MR) is 74.0 cm³/mol. The van der Waals surface area contributed by atoms with Crippen molar-refractivity contribution in [3.8, 4) is 0 Å². The topological polar surface area (TPSA) is 48.0 Å². The Hall–Kier alpha value is -1.43. The SMILES string of the molecule is COC(=O)CCN1OCCOCC1Cc1ccccc1. The summed E-state index contributed by atoms with van der Waals surface area (Å²) >= 11 is 0. The summed E-state index contributed by atoms with van der Waals surface area (Å²) in [4.78, 5) is 17.0. The lowest BCUT2D eigenvalue weighted by atomic mass is 10.1. The van der Waals surface area contributed by atoms with Crippen LogP contribution in [0.5, 0.6) is 0 Å². The summed E-state index contributed by atoms with van der Waals surface area (Å²) in [6, 6.07) is 10.3. The van der Waals surface area contributed by atoms with Gasteiger partial charge in [0, 0.05) is 6.54 Å². The van der Waals surface area contributed by atoms with Crippen LogP contribution in [0.15, 0.2) is 30.3 Å². The fourth-order valence-corrected chi connectivity index (χ4v) is 2.22. The van der Waals surface area contributed by atoms with Gasteiger partial charge in [-0.1, -0.05) is 30.3 Å². The molecule has 0 N–H and O–H groups in total. The summed E-state index contributed by atoms with van der Waals surface area (Å²) in [5.41, 5.74) is 1.23. The van der Waals surface area contributed by atoms with Gasteiger partial charge in [0.15, 0.2) is 0 Å². The highest BCUT2D eigenvalue weighted by atomic mass is 16.7. The Bertz CT molecular complexity index is 410. The van der Waals surface area contributed by atoms with Crippen LogP contribution in [0.25, 0.3) is 0 Å². The maximum atomic E-state index is 11.3. The fraction of sp³-hybridized carbons (Fsp3) is 0.533. The number of hydrogen-bond acceptors (Lipinski definition) is 5. The zero-order valence-electron chi connectivity index (χ0n) is 11.8. The monoisotopic (exact) mass is 279 g/mol. The molecule has 1 saturated heterocycles. The van der Waals surface area contributed by atoms with Crippen molar-refractivity contribution in [3.63, 3.8) is 0 Å². The van der Waals surface area contributed by atoms with Crippen molar-refractivity contribution >= 4 is 5.97 Å². The second-order valence-corrected chi connectivity index (χ2v) is 4.72. The van der Waals surface area contributed by atoms with Crippen LogP contribution in [-0.2, 0) is 25.5 Å². The van der Waals surface area contributed by atoms with Crippen LogP contribution in [0.3, 0.4) is 0 Å². The summed E-state index contributed by atoms with van der Waals surface area (Å²) in [5.74, 6) is -0.225.